The van der Waals surface area contributed by atoms with Crippen molar-refractivity contribution in [1.29, 1.82) is 0 Å². The molecule has 7 heteroatoms. The summed E-state index contributed by atoms with van der Waals surface area (Å²) in [6.45, 7) is 8.47. The van der Waals surface area contributed by atoms with Crippen LogP contribution in [0, 0.1) is 0 Å². The summed E-state index contributed by atoms with van der Waals surface area (Å²) in [5.41, 5.74) is 3.51. The molecule has 2 fully saturated rings. The standard InChI is InChI=1S/C21H29N7/c1-2-27-14-17(12-22-27)13-25-9-5-6-18(15-25)21-23-20-8-7-19(16-28(20)24-21)26-10-3-4-11-26/h7-8,12,14,16,18H,2-6,9-11,13,15H2,1H3/t18-/m1/s1. The summed E-state index contributed by atoms with van der Waals surface area (Å²) in [4.78, 5) is 9.82. The van der Waals surface area contributed by atoms with Gasteiger partial charge in [-0.3, -0.25) is 9.58 Å². The van der Waals surface area contributed by atoms with E-state index in [1.54, 1.807) is 0 Å². The van der Waals surface area contributed by atoms with E-state index < -0.39 is 0 Å². The molecule has 0 spiro atoms. The van der Waals surface area contributed by atoms with Crippen LogP contribution >= 0.6 is 0 Å². The highest BCUT2D eigenvalue weighted by Crippen LogP contribution is 2.27. The van der Waals surface area contributed by atoms with Crippen molar-refractivity contribution in [2.24, 2.45) is 0 Å². The molecule has 0 radical (unpaired) electrons. The van der Waals surface area contributed by atoms with Crippen LogP contribution in [0.25, 0.3) is 5.65 Å². The summed E-state index contributed by atoms with van der Waals surface area (Å²) in [6, 6.07) is 4.31. The van der Waals surface area contributed by atoms with E-state index in [1.165, 1.54) is 36.9 Å². The van der Waals surface area contributed by atoms with Crippen LogP contribution in [0.15, 0.2) is 30.7 Å². The Morgan fingerprint density at radius 3 is 2.79 bits per heavy atom. The second-order valence-electron chi connectivity index (χ2n) is 8.13. The van der Waals surface area contributed by atoms with E-state index in [-0.39, 0.29) is 0 Å². The zero-order valence-electron chi connectivity index (χ0n) is 16.7. The molecule has 7 nitrogen and oxygen atoms in total. The lowest BCUT2D eigenvalue weighted by atomic mass is 9.97. The summed E-state index contributed by atoms with van der Waals surface area (Å²) < 4.78 is 3.98. The van der Waals surface area contributed by atoms with E-state index in [9.17, 15) is 0 Å². The average molecular weight is 380 g/mol. The van der Waals surface area contributed by atoms with Crippen LogP contribution in [0.5, 0.6) is 0 Å². The molecule has 2 saturated heterocycles. The maximum Gasteiger partial charge on any atom is 0.156 e. The summed E-state index contributed by atoms with van der Waals surface area (Å²) in [7, 11) is 0. The van der Waals surface area contributed by atoms with Crippen LogP contribution in [0.2, 0.25) is 0 Å². The topological polar surface area (TPSA) is 54.5 Å². The number of aromatic nitrogens is 5. The Morgan fingerprint density at radius 1 is 1.07 bits per heavy atom. The van der Waals surface area contributed by atoms with Crippen molar-refractivity contribution in [2.45, 2.75) is 51.6 Å². The van der Waals surface area contributed by atoms with Gasteiger partial charge < -0.3 is 4.90 Å². The molecule has 0 saturated carbocycles. The van der Waals surface area contributed by atoms with E-state index >= 15 is 0 Å². The van der Waals surface area contributed by atoms with Crippen molar-refractivity contribution in [3.05, 3.63) is 42.1 Å². The number of aryl methyl sites for hydroxylation is 1. The molecule has 2 aliphatic rings. The number of anilines is 1. The molecule has 0 bridgehead atoms. The van der Waals surface area contributed by atoms with Crippen LogP contribution in [0.4, 0.5) is 5.69 Å². The number of hydrogen-bond acceptors (Lipinski definition) is 5. The molecule has 0 aromatic carbocycles. The fourth-order valence-corrected chi connectivity index (χ4v) is 4.55. The lowest BCUT2D eigenvalue weighted by molar-refractivity contribution is 0.196. The largest absolute Gasteiger partial charge is 0.370 e. The molecule has 148 valence electrons. The number of rotatable bonds is 5. The first-order valence-electron chi connectivity index (χ1n) is 10.6. The lowest BCUT2D eigenvalue weighted by Crippen LogP contribution is -2.34. The highest BCUT2D eigenvalue weighted by molar-refractivity contribution is 5.51. The van der Waals surface area contributed by atoms with E-state index in [1.807, 2.05) is 15.4 Å². The van der Waals surface area contributed by atoms with Gasteiger partial charge in [0.25, 0.3) is 0 Å². The summed E-state index contributed by atoms with van der Waals surface area (Å²) in [6.07, 6.45) is 11.2. The highest BCUT2D eigenvalue weighted by Gasteiger charge is 2.25. The Hall–Kier alpha value is -2.41. The maximum atomic E-state index is 4.86. The quantitative estimate of drug-likeness (QED) is 0.682. The molecular formula is C21H29N7. The third-order valence-corrected chi connectivity index (χ3v) is 6.09. The molecule has 1 atom stereocenters. The maximum absolute atomic E-state index is 4.86. The predicted molar refractivity (Wildman–Crippen MR) is 110 cm³/mol. The predicted octanol–water partition coefficient (Wildman–Crippen LogP) is 2.93. The molecule has 5 rings (SSSR count). The third-order valence-electron chi connectivity index (χ3n) is 6.09. The second kappa shape index (κ2) is 7.54. The van der Waals surface area contributed by atoms with Gasteiger partial charge in [0.15, 0.2) is 11.5 Å². The zero-order valence-corrected chi connectivity index (χ0v) is 16.7. The molecule has 0 amide bonds. The number of nitrogens with zero attached hydrogens (tertiary/aromatic N) is 7. The van der Waals surface area contributed by atoms with Gasteiger partial charge in [-0.05, 0) is 51.3 Å². The Morgan fingerprint density at radius 2 is 1.96 bits per heavy atom. The van der Waals surface area contributed by atoms with Gasteiger partial charge in [0.05, 0.1) is 18.1 Å². The molecule has 3 aromatic rings. The van der Waals surface area contributed by atoms with E-state index in [2.05, 4.69) is 46.3 Å². The first-order valence-corrected chi connectivity index (χ1v) is 10.6. The smallest absolute Gasteiger partial charge is 0.156 e. The van der Waals surface area contributed by atoms with E-state index in [0.717, 1.165) is 50.7 Å². The molecule has 2 aliphatic heterocycles. The molecule has 0 unspecified atom stereocenters. The summed E-state index contributed by atoms with van der Waals surface area (Å²) >= 11 is 0. The number of piperidine rings is 1. The zero-order chi connectivity index (χ0) is 18.9. The summed E-state index contributed by atoms with van der Waals surface area (Å²) in [5.74, 6) is 1.40. The van der Waals surface area contributed by atoms with Crippen LogP contribution in [0.3, 0.4) is 0 Å². The first kappa shape index (κ1) is 17.7. The van der Waals surface area contributed by atoms with Crippen molar-refractivity contribution in [2.75, 3.05) is 31.1 Å². The lowest BCUT2D eigenvalue weighted by Gasteiger charge is -2.30. The minimum absolute atomic E-state index is 0.408. The third kappa shape index (κ3) is 3.51. The molecule has 5 heterocycles. The molecular weight excluding hydrogens is 350 g/mol. The number of hydrogen-bond donors (Lipinski definition) is 0. The van der Waals surface area contributed by atoms with Gasteiger partial charge in [-0.1, -0.05) is 0 Å². The Kier molecular flexibility index (Phi) is 4.76. The number of pyridine rings is 1. The van der Waals surface area contributed by atoms with Gasteiger partial charge in [0.1, 0.15) is 0 Å². The number of fused-ring (bicyclic) bond motifs is 1. The van der Waals surface area contributed by atoms with Gasteiger partial charge in [-0.15, -0.1) is 0 Å². The normalized spacial score (nSPS) is 21.0. The Balaban J connectivity index is 1.31. The molecule has 28 heavy (non-hydrogen) atoms. The first-order chi connectivity index (χ1) is 13.8. The second-order valence-corrected chi connectivity index (χ2v) is 8.13. The van der Waals surface area contributed by atoms with Crippen LogP contribution in [-0.4, -0.2) is 55.5 Å². The molecule has 0 aliphatic carbocycles. The van der Waals surface area contributed by atoms with E-state index in [0.29, 0.717) is 5.92 Å². The Labute approximate surface area is 166 Å². The van der Waals surface area contributed by atoms with Crippen LogP contribution in [0.1, 0.15) is 49.9 Å². The Bertz CT molecular complexity index is 937. The highest BCUT2D eigenvalue weighted by atomic mass is 15.3. The fourth-order valence-electron chi connectivity index (χ4n) is 4.55. The minimum Gasteiger partial charge on any atom is -0.370 e. The van der Waals surface area contributed by atoms with Gasteiger partial charge in [0.2, 0.25) is 0 Å². The number of likely N-dealkylation sites (tertiary alicyclic amines) is 1. The van der Waals surface area contributed by atoms with Crippen LogP contribution < -0.4 is 4.90 Å². The van der Waals surface area contributed by atoms with Crippen molar-refractivity contribution in [3.63, 3.8) is 0 Å². The monoisotopic (exact) mass is 379 g/mol. The molecule has 3 aromatic heterocycles. The van der Waals surface area contributed by atoms with Gasteiger partial charge >= 0.3 is 0 Å². The SMILES string of the molecule is CCn1cc(CN2CCC[C@@H](c3nc4ccc(N5CCCC5)cn4n3)C2)cn1. The summed E-state index contributed by atoms with van der Waals surface area (Å²) in [5, 5.41) is 9.27. The van der Waals surface area contributed by atoms with Gasteiger partial charge in [-0.2, -0.15) is 10.2 Å². The van der Waals surface area contributed by atoms with Crippen molar-refractivity contribution in [3.8, 4) is 0 Å². The minimum atomic E-state index is 0.408. The fraction of sp³-hybridized carbons (Fsp3) is 0.571. The average Bonchev–Trinajstić information content (AvgIpc) is 3.47. The van der Waals surface area contributed by atoms with Gasteiger partial charge in [0, 0.05) is 50.4 Å². The van der Waals surface area contributed by atoms with Crippen molar-refractivity contribution >= 4 is 11.3 Å². The van der Waals surface area contributed by atoms with E-state index in [4.69, 9.17) is 10.1 Å². The van der Waals surface area contributed by atoms with Crippen molar-refractivity contribution < 1.29 is 0 Å². The van der Waals surface area contributed by atoms with Gasteiger partial charge in [-0.25, -0.2) is 9.50 Å². The molecule has 0 N–H and O–H groups in total. The van der Waals surface area contributed by atoms with Crippen LogP contribution in [-0.2, 0) is 13.1 Å². The van der Waals surface area contributed by atoms with Crippen molar-refractivity contribution in [1.82, 2.24) is 29.3 Å².